The van der Waals surface area contributed by atoms with Gasteiger partial charge in [0.2, 0.25) is 0 Å². The molecule has 4 heteroatoms. The second kappa shape index (κ2) is 3.27. The molecule has 1 aromatic carbocycles. The first-order valence-electron chi connectivity index (χ1n) is 2.99. The monoisotopic (exact) mass is 161 g/mol. The average Bonchev–Trinajstić information content (AvgIpc) is 1.93. The molecule has 0 spiro atoms. The zero-order valence-electron chi connectivity index (χ0n) is 5.52. The lowest BCUT2D eigenvalue weighted by molar-refractivity contribution is 0.181. The van der Waals surface area contributed by atoms with E-state index in [9.17, 15) is 13.2 Å². The van der Waals surface area contributed by atoms with Crippen molar-refractivity contribution in [2.24, 2.45) is 0 Å². The van der Waals surface area contributed by atoms with Gasteiger partial charge in [-0.05, 0) is 12.1 Å². The van der Waals surface area contributed by atoms with E-state index in [0.29, 0.717) is 0 Å². The van der Waals surface area contributed by atoms with E-state index < -0.39 is 12.4 Å². The molecule has 0 saturated heterocycles. The molecular formula is C7H6F3N. The van der Waals surface area contributed by atoms with Gasteiger partial charge in [-0.3, -0.25) is 0 Å². The van der Waals surface area contributed by atoms with E-state index in [1.807, 2.05) is 0 Å². The maximum Gasteiger partial charge on any atom is 0.313 e. The molecule has 60 valence electrons. The third-order valence-corrected chi connectivity index (χ3v) is 1.14. The van der Waals surface area contributed by atoms with E-state index in [-0.39, 0.29) is 5.69 Å². The van der Waals surface area contributed by atoms with Crippen LogP contribution in [0, 0.1) is 5.82 Å². The third-order valence-electron chi connectivity index (χ3n) is 1.14. The molecule has 1 aromatic rings. The van der Waals surface area contributed by atoms with Gasteiger partial charge in [0.25, 0.3) is 0 Å². The van der Waals surface area contributed by atoms with Crippen LogP contribution in [0.15, 0.2) is 24.3 Å². The standard InChI is InChI=1S/C7H6F3N/c8-5-3-1-2-4-6(5)11-7(9)10/h1-4,7,11H. The van der Waals surface area contributed by atoms with E-state index in [4.69, 9.17) is 0 Å². The zero-order chi connectivity index (χ0) is 8.27. The minimum absolute atomic E-state index is 0.178. The van der Waals surface area contributed by atoms with E-state index in [2.05, 4.69) is 0 Å². The molecule has 1 nitrogen and oxygen atoms in total. The van der Waals surface area contributed by atoms with Crippen molar-refractivity contribution >= 4 is 5.69 Å². The van der Waals surface area contributed by atoms with Gasteiger partial charge in [0.15, 0.2) is 0 Å². The highest BCUT2D eigenvalue weighted by atomic mass is 19.3. The summed E-state index contributed by atoms with van der Waals surface area (Å²) in [4.78, 5) is 0. The first kappa shape index (κ1) is 7.91. The van der Waals surface area contributed by atoms with Crippen molar-refractivity contribution in [2.75, 3.05) is 5.32 Å². The van der Waals surface area contributed by atoms with Crippen molar-refractivity contribution in [1.82, 2.24) is 0 Å². The molecule has 1 N–H and O–H groups in total. The normalized spacial score (nSPS) is 10.2. The van der Waals surface area contributed by atoms with Gasteiger partial charge in [0.05, 0.1) is 5.69 Å². The number of para-hydroxylation sites is 1. The van der Waals surface area contributed by atoms with Crippen molar-refractivity contribution < 1.29 is 13.2 Å². The molecule has 11 heavy (non-hydrogen) atoms. The lowest BCUT2D eigenvalue weighted by atomic mass is 10.3. The number of halogens is 3. The fourth-order valence-corrected chi connectivity index (χ4v) is 0.696. The lowest BCUT2D eigenvalue weighted by Crippen LogP contribution is -2.07. The van der Waals surface area contributed by atoms with Crippen LogP contribution in [0.4, 0.5) is 18.9 Å². The molecule has 0 unspecified atom stereocenters. The number of anilines is 1. The van der Waals surface area contributed by atoms with Crippen molar-refractivity contribution in [1.29, 1.82) is 0 Å². The van der Waals surface area contributed by atoms with Crippen molar-refractivity contribution in [3.8, 4) is 0 Å². The third kappa shape index (κ3) is 2.14. The van der Waals surface area contributed by atoms with Crippen molar-refractivity contribution in [3.63, 3.8) is 0 Å². The van der Waals surface area contributed by atoms with Crippen LogP contribution in [-0.4, -0.2) is 6.55 Å². The van der Waals surface area contributed by atoms with Gasteiger partial charge >= 0.3 is 6.55 Å². The van der Waals surface area contributed by atoms with Gasteiger partial charge in [0, 0.05) is 0 Å². The van der Waals surface area contributed by atoms with Gasteiger partial charge in [-0.2, -0.15) is 8.78 Å². The van der Waals surface area contributed by atoms with Crippen LogP contribution in [0.1, 0.15) is 0 Å². The average molecular weight is 161 g/mol. The number of benzene rings is 1. The summed E-state index contributed by atoms with van der Waals surface area (Å²) < 4.78 is 35.8. The molecule has 1 rings (SSSR count). The fourth-order valence-electron chi connectivity index (χ4n) is 0.696. The first-order valence-corrected chi connectivity index (χ1v) is 2.99. The molecule has 0 saturated carbocycles. The summed E-state index contributed by atoms with van der Waals surface area (Å²) in [5.41, 5.74) is -0.178. The minimum Gasteiger partial charge on any atom is -0.327 e. The predicted octanol–water partition coefficient (Wildman–Crippen LogP) is 2.46. The van der Waals surface area contributed by atoms with Gasteiger partial charge in [-0.25, -0.2) is 4.39 Å². The molecule has 0 atom stereocenters. The van der Waals surface area contributed by atoms with Crippen LogP contribution < -0.4 is 5.32 Å². The Morgan fingerprint density at radius 3 is 2.36 bits per heavy atom. The first-order chi connectivity index (χ1) is 5.20. The summed E-state index contributed by atoms with van der Waals surface area (Å²) in [6, 6.07) is 5.28. The molecule has 0 fully saturated rings. The Balaban J connectivity index is 2.78. The van der Waals surface area contributed by atoms with Gasteiger partial charge in [-0.15, -0.1) is 0 Å². The summed E-state index contributed by atoms with van der Waals surface area (Å²) in [6.07, 6.45) is 0. The summed E-state index contributed by atoms with van der Waals surface area (Å²) in [5, 5.41) is 1.66. The Morgan fingerprint density at radius 2 is 1.82 bits per heavy atom. The van der Waals surface area contributed by atoms with Crippen LogP contribution in [0.3, 0.4) is 0 Å². The smallest absolute Gasteiger partial charge is 0.313 e. The van der Waals surface area contributed by atoms with Gasteiger partial charge < -0.3 is 5.32 Å². The quantitative estimate of drug-likeness (QED) is 0.657. The van der Waals surface area contributed by atoms with E-state index in [1.54, 1.807) is 5.32 Å². The molecule has 0 bridgehead atoms. The fraction of sp³-hybridized carbons (Fsp3) is 0.143. The van der Waals surface area contributed by atoms with Crippen LogP contribution in [0.25, 0.3) is 0 Å². The molecular weight excluding hydrogens is 155 g/mol. The Labute approximate surface area is 61.8 Å². The van der Waals surface area contributed by atoms with Crippen molar-refractivity contribution in [3.05, 3.63) is 30.1 Å². The zero-order valence-corrected chi connectivity index (χ0v) is 5.52. The number of nitrogens with one attached hydrogen (secondary N) is 1. The van der Waals surface area contributed by atoms with Gasteiger partial charge in [0.1, 0.15) is 5.82 Å². The number of hydrogen-bond donors (Lipinski definition) is 1. The minimum atomic E-state index is -2.73. The van der Waals surface area contributed by atoms with Gasteiger partial charge in [-0.1, -0.05) is 12.1 Å². The molecule has 0 aliphatic carbocycles. The summed E-state index contributed by atoms with van der Waals surface area (Å²) >= 11 is 0. The summed E-state index contributed by atoms with van der Waals surface area (Å²) in [6.45, 7) is -2.73. The summed E-state index contributed by atoms with van der Waals surface area (Å²) in [7, 11) is 0. The van der Waals surface area contributed by atoms with Crippen LogP contribution in [-0.2, 0) is 0 Å². The molecule has 0 aromatic heterocycles. The largest absolute Gasteiger partial charge is 0.327 e. The maximum atomic E-state index is 12.6. The van der Waals surface area contributed by atoms with Crippen LogP contribution >= 0.6 is 0 Å². The Morgan fingerprint density at radius 1 is 1.18 bits per heavy atom. The second-order valence-electron chi connectivity index (χ2n) is 1.92. The number of rotatable bonds is 2. The Bertz CT molecular complexity index is 237. The SMILES string of the molecule is Fc1ccccc1NC(F)F. The maximum absolute atomic E-state index is 12.6. The van der Waals surface area contributed by atoms with E-state index in [1.165, 1.54) is 18.2 Å². The number of alkyl halides is 2. The molecule has 0 radical (unpaired) electrons. The number of hydrogen-bond acceptors (Lipinski definition) is 1. The highest BCUT2D eigenvalue weighted by molar-refractivity contribution is 5.44. The molecule has 0 heterocycles. The Kier molecular flexibility index (Phi) is 2.36. The molecule has 0 aliphatic rings. The highest BCUT2D eigenvalue weighted by Crippen LogP contribution is 2.13. The predicted molar refractivity (Wildman–Crippen MR) is 36.0 cm³/mol. The second-order valence-corrected chi connectivity index (χ2v) is 1.92. The van der Waals surface area contributed by atoms with Crippen molar-refractivity contribution in [2.45, 2.75) is 6.55 Å². The highest BCUT2D eigenvalue weighted by Gasteiger charge is 2.04. The summed E-state index contributed by atoms with van der Waals surface area (Å²) in [5.74, 6) is -0.673. The molecule has 0 aliphatic heterocycles. The van der Waals surface area contributed by atoms with E-state index in [0.717, 1.165) is 6.07 Å². The van der Waals surface area contributed by atoms with E-state index >= 15 is 0 Å². The lowest BCUT2D eigenvalue weighted by Gasteiger charge is -2.04. The Hall–Kier alpha value is -1.19. The topological polar surface area (TPSA) is 12.0 Å². The van der Waals surface area contributed by atoms with Crippen LogP contribution in [0.2, 0.25) is 0 Å². The molecule has 0 amide bonds. The van der Waals surface area contributed by atoms with Crippen LogP contribution in [0.5, 0.6) is 0 Å².